The van der Waals surface area contributed by atoms with Crippen molar-refractivity contribution >= 4 is 41.0 Å². The average Bonchev–Trinajstić information content (AvgIpc) is 3.00. The molecule has 0 heterocycles. The summed E-state index contributed by atoms with van der Waals surface area (Å²) in [4.78, 5) is 40.3. The van der Waals surface area contributed by atoms with Gasteiger partial charge in [0.25, 0.3) is 11.8 Å². The molecule has 7 nitrogen and oxygen atoms in total. The summed E-state index contributed by atoms with van der Waals surface area (Å²) in [6.07, 6.45) is 0.161. The molecule has 4 rings (SSSR count). The van der Waals surface area contributed by atoms with Crippen LogP contribution in [0, 0.1) is 0 Å². The Labute approximate surface area is 254 Å². The molecule has 4 aromatic rings. The molecule has 0 aromatic heterocycles. The number of rotatable bonds is 12. The van der Waals surface area contributed by atoms with Crippen LogP contribution >= 0.6 is 23.2 Å². The first kappa shape index (κ1) is 30.8. The van der Waals surface area contributed by atoms with Crippen LogP contribution < -0.4 is 5.32 Å². The van der Waals surface area contributed by atoms with Gasteiger partial charge in [-0.3, -0.25) is 14.4 Å². The Hall–Kier alpha value is -4.17. The molecule has 0 saturated heterocycles. The van der Waals surface area contributed by atoms with E-state index in [2.05, 4.69) is 5.32 Å². The third-order valence-corrected chi connectivity index (χ3v) is 7.45. The maximum atomic E-state index is 13.9. The first-order chi connectivity index (χ1) is 20.3. The summed E-state index contributed by atoms with van der Waals surface area (Å²) in [6, 6.07) is 27.5. The van der Waals surface area contributed by atoms with Crippen molar-refractivity contribution in [2.75, 3.05) is 19.7 Å². The van der Waals surface area contributed by atoms with Gasteiger partial charge in [-0.15, -0.1) is 0 Å². The number of hydrogen-bond acceptors (Lipinski definition) is 4. The van der Waals surface area contributed by atoms with Crippen LogP contribution in [-0.4, -0.2) is 52.6 Å². The lowest BCUT2D eigenvalue weighted by Gasteiger charge is -2.24. The van der Waals surface area contributed by atoms with Crippen LogP contribution in [0.25, 0.3) is 11.1 Å². The summed E-state index contributed by atoms with van der Waals surface area (Å²) in [5, 5.41) is 23.2. The monoisotopic (exact) mass is 604 g/mol. The smallest absolute Gasteiger partial charge is 0.305 e. The predicted molar refractivity (Wildman–Crippen MR) is 164 cm³/mol. The molecule has 0 aliphatic rings. The molecule has 0 fully saturated rings. The maximum Gasteiger partial charge on any atom is 0.305 e. The Morgan fingerprint density at radius 2 is 1.40 bits per heavy atom. The molecule has 0 spiro atoms. The van der Waals surface area contributed by atoms with Gasteiger partial charge in [0.15, 0.2) is 0 Å². The van der Waals surface area contributed by atoms with E-state index in [0.717, 1.165) is 11.1 Å². The van der Waals surface area contributed by atoms with Gasteiger partial charge in [-0.2, -0.15) is 0 Å². The number of carboxylic acid groups (broad SMARTS) is 1. The zero-order chi connectivity index (χ0) is 30.1. The van der Waals surface area contributed by atoms with E-state index in [1.165, 1.54) is 4.90 Å². The summed E-state index contributed by atoms with van der Waals surface area (Å²) >= 11 is 12.4. The molecule has 1 atom stereocenters. The Kier molecular flexibility index (Phi) is 10.7. The third-order valence-electron chi connectivity index (χ3n) is 6.86. The number of aliphatic hydroxyl groups is 1. The van der Waals surface area contributed by atoms with Crippen molar-refractivity contribution in [1.29, 1.82) is 0 Å². The fraction of sp³-hybridized carbons (Fsp3) is 0.182. The molecule has 3 N–H and O–H groups in total. The Morgan fingerprint density at radius 3 is 2.05 bits per heavy atom. The van der Waals surface area contributed by atoms with E-state index in [1.807, 2.05) is 30.3 Å². The van der Waals surface area contributed by atoms with Crippen molar-refractivity contribution in [2.24, 2.45) is 0 Å². The number of carboxylic acids is 1. The highest BCUT2D eigenvalue weighted by Gasteiger charge is 2.24. The molecule has 216 valence electrons. The molecular weight excluding hydrogens is 575 g/mol. The first-order valence-corrected chi connectivity index (χ1v) is 14.1. The molecule has 0 bridgehead atoms. The number of nitrogens with one attached hydrogen (secondary N) is 1. The lowest BCUT2D eigenvalue weighted by molar-refractivity contribution is -0.137. The lowest BCUT2D eigenvalue weighted by atomic mass is 9.94. The second-order valence-corrected chi connectivity index (χ2v) is 10.5. The minimum Gasteiger partial charge on any atom is -0.481 e. The third kappa shape index (κ3) is 7.76. The van der Waals surface area contributed by atoms with Crippen LogP contribution in [0.2, 0.25) is 10.0 Å². The fourth-order valence-corrected chi connectivity index (χ4v) is 5.17. The van der Waals surface area contributed by atoms with Crippen molar-refractivity contribution in [1.82, 2.24) is 10.2 Å². The van der Waals surface area contributed by atoms with Crippen molar-refractivity contribution in [2.45, 2.75) is 18.9 Å². The van der Waals surface area contributed by atoms with Crippen LogP contribution in [0.15, 0.2) is 97.1 Å². The van der Waals surface area contributed by atoms with E-state index in [1.54, 1.807) is 66.7 Å². The number of nitrogens with zero attached hydrogens (tertiary/aromatic N) is 1. The fourth-order valence-electron chi connectivity index (χ4n) is 4.67. The average molecular weight is 606 g/mol. The van der Waals surface area contributed by atoms with Gasteiger partial charge < -0.3 is 20.4 Å². The lowest BCUT2D eigenvalue weighted by Crippen LogP contribution is -2.35. The molecule has 4 aromatic carbocycles. The van der Waals surface area contributed by atoms with Gasteiger partial charge in [-0.25, -0.2) is 0 Å². The first-order valence-electron chi connectivity index (χ1n) is 13.4. The topological polar surface area (TPSA) is 107 Å². The second kappa shape index (κ2) is 14.6. The number of amides is 2. The van der Waals surface area contributed by atoms with E-state index < -0.39 is 17.9 Å². The summed E-state index contributed by atoms with van der Waals surface area (Å²) in [7, 11) is 0. The molecule has 42 heavy (non-hydrogen) atoms. The summed E-state index contributed by atoms with van der Waals surface area (Å²) < 4.78 is 0. The summed E-state index contributed by atoms with van der Waals surface area (Å²) in [5.41, 5.74) is 3.25. The molecule has 2 amide bonds. The SMILES string of the molecule is O=C(O)CCN(CCc1ccc(Cl)cc1Cl)C(=O)c1ccccc1-c1ccccc1C(=O)N[C@@H](CO)c1ccccc1. The predicted octanol–water partition coefficient (Wildman–Crippen LogP) is 6.28. The number of aliphatic carboxylic acids is 1. The standard InChI is InChI=1S/C33H30Cl2N2O5/c34-24-15-14-22(29(35)20-24)16-18-37(19-17-31(39)40)33(42)28-13-7-5-11-26(28)25-10-4-6-12-27(25)32(41)36-30(21-38)23-8-2-1-3-9-23/h1-15,20,30,38H,16-19,21H2,(H,36,41)(H,39,40)/t30-/m0/s1. The highest BCUT2D eigenvalue weighted by atomic mass is 35.5. The summed E-state index contributed by atoms with van der Waals surface area (Å²) in [6.45, 7) is -0.0759. The van der Waals surface area contributed by atoms with Crippen LogP contribution in [-0.2, 0) is 11.2 Å². The van der Waals surface area contributed by atoms with Gasteiger partial charge in [0.1, 0.15) is 0 Å². The van der Waals surface area contributed by atoms with Gasteiger partial charge in [-0.05, 0) is 52.9 Å². The number of aliphatic hydroxyl groups excluding tert-OH is 1. The Balaban J connectivity index is 1.64. The number of benzene rings is 4. The Morgan fingerprint density at radius 1 is 0.786 bits per heavy atom. The number of carbonyl (C=O) groups excluding carboxylic acids is 2. The molecule has 9 heteroatoms. The molecule has 0 saturated carbocycles. The molecule has 0 aliphatic carbocycles. The van der Waals surface area contributed by atoms with E-state index in [-0.39, 0.29) is 32.0 Å². The zero-order valence-electron chi connectivity index (χ0n) is 22.7. The van der Waals surface area contributed by atoms with Gasteiger partial charge in [0, 0.05) is 34.3 Å². The number of carbonyl (C=O) groups is 3. The van der Waals surface area contributed by atoms with Crippen LogP contribution in [0.1, 0.15) is 44.3 Å². The zero-order valence-corrected chi connectivity index (χ0v) is 24.2. The molecule has 0 aliphatic heterocycles. The number of halogens is 2. The largest absolute Gasteiger partial charge is 0.481 e. The van der Waals surface area contributed by atoms with Crippen molar-refractivity contribution in [3.63, 3.8) is 0 Å². The summed E-state index contributed by atoms with van der Waals surface area (Å²) in [5.74, 6) is -1.80. The normalized spacial score (nSPS) is 11.5. The van der Waals surface area contributed by atoms with Gasteiger partial charge in [-0.1, -0.05) is 96.0 Å². The van der Waals surface area contributed by atoms with Gasteiger partial charge in [0.2, 0.25) is 0 Å². The van der Waals surface area contributed by atoms with Crippen molar-refractivity contribution < 1.29 is 24.6 Å². The van der Waals surface area contributed by atoms with Crippen LogP contribution in [0.4, 0.5) is 0 Å². The van der Waals surface area contributed by atoms with E-state index in [9.17, 15) is 24.6 Å². The second-order valence-electron chi connectivity index (χ2n) is 9.63. The van der Waals surface area contributed by atoms with Crippen molar-refractivity contribution in [3.8, 4) is 11.1 Å². The molecule has 0 unspecified atom stereocenters. The van der Waals surface area contributed by atoms with Gasteiger partial charge >= 0.3 is 5.97 Å². The van der Waals surface area contributed by atoms with E-state index in [4.69, 9.17) is 23.2 Å². The number of hydrogen-bond donors (Lipinski definition) is 3. The molecular formula is C33H30Cl2N2O5. The molecule has 0 radical (unpaired) electrons. The maximum absolute atomic E-state index is 13.9. The highest BCUT2D eigenvalue weighted by molar-refractivity contribution is 6.35. The minimum atomic E-state index is -1.02. The quantitative estimate of drug-likeness (QED) is 0.176. The van der Waals surface area contributed by atoms with Crippen LogP contribution in [0.5, 0.6) is 0 Å². The van der Waals surface area contributed by atoms with Crippen LogP contribution in [0.3, 0.4) is 0 Å². The van der Waals surface area contributed by atoms with E-state index in [0.29, 0.717) is 38.7 Å². The van der Waals surface area contributed by atoms with Gasteiger partial charge in [0.05, 0.1) is 19.1 Å². The minimum absolute atomic E-state index is 0.00883. The van der Waals surface area contributed by atoms with E-state index >= 15 is 0 Å². The van der Waals surface area contributed by atoms with Crippen molar-refractivity contribution in [3.05, 3.63) is 129 Å². The Bertz CT molecular complexity index is 1560. The highest BCUT2D eigenvalue weighted by Crippen LogP contribution is 2.29.